The van der Waals surface area contributed by atoms with Crippen LogP contribution in [-0.2, 0) is 4.79 Å². The molecule has 0 radical (unpaired) electrons. The highest BCUT2D eigenvalue weighted by Crippen LogP contribution is 2.08. The van der Waals surface area contributed by atoms with Crippen LogP contribution in [0, 0.1) is 0 Å². The van der Waals surface area contributed by atoms with E-state index in [1.165, 1.54) is 0 Å². The molecule has 1 unspecified atom stereocenters. The van der Waals surface area contributed by atoms with Crippen molar-refractivity contribution in [1.29, 1.82) is 0 Å². The van der Waals surface area contributed by atoms with Crippen LogP contribution in [0.3, 0.4) is 0 Å². The fourth-order valence-corrected chi connectivity index (χ4v) is 1.29. The Bertz CT molecular complexity index is 408. The molecule has 16 heavy (non-hydrogen) atoms. The van der Waals surface area contributed by atoms with Crippen LogP contribution in [0.5, 0.6) is 0 Å². The molecular formula is C10H14N4OS. The number of pyridine rings is 1. The first-order valence-corrected chi connectivity index (χ1v) is 5.19. The summed E-state index contributed by atoms with van der Waals surface area (Å²) in [6.07, 6.45) is 1.59. The number of carbonyl (C=O) groups excluding carboxylic acids is 1. The van der Waals surface area contributed by atoms with Crippen LogP contribution in [0.4, 0.5) is 5.82 Å². The predicted molar refractivity (Wildman–Crippen MR) is 67.3 cm³/mol. The van der Waals surface area contributed by atoms with E-state index in [4.69, 9.17) is 18.0 Å². The number of hydrogen-bond donors (Lipinski definition) is 3. The van der Waals surface area contributed by atoms with Gasteiger partial charge in [-0.25, -0.2) is 4.98 Å². The first-order valence-electron chi connectivity index (χ1n) is 4.78. The zero-order chi connectivity index (χ0) is 12.1. The Labute approximate surface area is 99.4 Å². The van der Waals surface area contributed by atoms with E-state index in [9.17, 15) is 4.79 Å². The van der Waals surface area contributed by atoms with Crippen LogP contribution in [-0.4, -0.2) is 29.0 Å². The van der Waals surface area contributed by atoms with Gasteiger partial charge in [0.2, 0.25) is 5.91 Å². The summed E-state index contributed by atoms with van der Waals surface area (Å²) in [7, 11) is 1.58. The average molecular weight is 238 g/mol. The molecule has 0 bridgehead atoms. The molecule has 1 aromatic heterocycles. The molecule has 1 rings (SSSR count). The summed E-state index contributed by atoms with van der Waals surface area (Å²) in [5.74, 6) is 0.462. The zero-order valence-corrected chi connectivity index (χ0v) is 9.97. The number of anilines is 1. The molecule has 0 fully saturated rings. The highest BCUT2D eigenvalue weighted by Gasteiger charge is 2.11. The number of nitrogens with one attached hydrogen (secondary N) is 2. The van der Waals surface area contributed by atoms with Gasteiger partial charge in [0.1, 0.15) is 16.8 Å². The normalized spacial score (nSPS) is 11.6. The minimum atomic E-state index is -0.362. The maximum atomic E-state index is 11.3. The third-order valence-corrected chi connectivity index (χ3v) is 2.28. The van der Waals surface area contributed by atoms with E-state index in [0.29, 0.717) is 10.8 Å². The lowest BCUT2D eigenvalue weighted by Crippen LogP contribution is -2.35. The fourth-order valence-electron chi connectivity index (χ4n) is 1.17. The second-order valence-electron chi connectivity index (χ2n) is 3.27. The summed E-state index contributed by atoms with van der Waals surface area (Å²) < 4.78 is 0. The molecule has 4 N–H and O–H groups in total. The molecule has 0 spiro atoms. The zero-order valence-electron chi connectivity index (χ0n) is 9.15. The molecule has 0 saturated heterocycles. The highest BCUT2D eigenvalue weighted by atomic mass is 32.1. The lowest BCUT2D eigenvalue weighted by molar-refractivity contribution is -0.121. The number of amides is 1. The van der Waals surface area contributed by atoms with E-state index >= 15 is 0 Å². The molecule has 1 heterocycles. The van der Waals surface area contributed by atoms with E-state index in [1.54, 1.807) is 32.3 Å². The third kappa shape index (κ3) is 3.16. The van der Waals surface area contributed by atoms with Gasteiger partial charge in [0.15, 0.2) is 0 Å². The molecule has 5 nitrogen and oxygen atoms in total. The van der Waals surface area contributed by atoms with Gasteiger partial charge >= 0.3 is 0 Å². The van der Waals surface area contributed by atoms with Crippen LogP contribution in [0.1, 0.15) is 12.5 Å². The van der Waals surface area contributed by atoms with Gasteiger partial charge in [-0.1, -0.05) is 12.2 Å². The van der Waals surface area contributed by atoms with E-state index < -0.39 is 0 Å². The molecule has 0 aliphatic heterocycles. The van der Waals surface area contributed by atoms with E-state index in [1.807, 2.05) is 0 Å². The van der Waals surface area contributed by atoms with Crippen LogP contribution >= 0.6 is 12.2 Å². The fraction of sp³-hybridized carbons (Fsp3) is 0.300. The maximum absolute atomic E-state index is 11.3. The van der Waals surface area contributed by atoms with Gasteiger partial charge < -0.3 is 16.4 Å². The minimum Gasteiger partial charge on any atom is -0.389 e. The summed E-state index contributed by atoms with van der Waals surface area (Å²) in [4.78, 5) is 15.7. The Morgan fingerprint density at radius 1 is 1.62 bits per heavy atom. The second-order valence-corrected chi connectivity index (χ2v) is 3.71. The molecule has 6 heteroatoms. The quantitative estimate of drug-likeness (QED) is 0.656. The van der Waals surface area contributed by atoms with Gasteiger partial charge in [-0.3, -0.25) is 4.79 Å². The van der Waals surface area contributed by atoms with Crippen molar-refractivity contribution in [3.05, 3.63) is 23.9 Å². The van der Waals surface area contributed by atoms with Crippen molar-refractivity contribution in [2.24, 2.45) is 5.73 Å². The monoisotopic (exact) mass is 238 g/mol. The van der Waals surface area contributed by atoms with Crippen molar-refractivity contribution in [1.82, 2.24) is 10.3 Å². The van der Waals surface area contributed by atoms with Crippen molar-refractivity contribution in [2.75, 3.05) is 12.4 Å². The summed E-state index contributed by atoms with van der Waals surface area (Å²) in [5, 5.41) is 5.49. The molecule has 0 saturated carbocycles. The van der Waals surface area contributed by atoms with E-state index in [0.717, 1.165) is 5.56 Å². The van der Waals surface area contributed by atoms with Crippen molar-refractivity contribution in [3.8, 4) is 0 Å². The Kier molecular flexibility index (Phi) is 4.19. The SMILES string of the molecule is CNC(=O)C(C)Nc1cc(C(N)=S)ccn1. The van der Waals surface area contributed by atoms with Gasteiger partial charge in [-0.2, -0.15) is 0 Å². The number of nitrogens with two attached hydrogens (primary N) is 1. The molecule has 1 amide bonds. The number of rotatable bonds is 4. The number of nitrogens with zero attached hydrogens (tertiary/aromatic N) is 1. The van der Waals surface area contributed by atoms with E-state index in [-0.39, 0.29) is 11.9 Å². The van der Waals surface area contributed by atoms with Crippen LogP contribution in [0.15, 0.2) is 18.3 Å². The first-order chi connectivity index (χ1) is 7.54. The molecular weight excluding hydrogens is 224 g/mol. The number of aromatic nitrogens is 1. The molecule has 0 aromatic carbocycles. The van der Waals surface area contributed by atoms with Gasteiger partial charge in [-0.15, -0.1) is 0 Å². The highest BCUT2D eigenvalue weighted by molar-refractivity contribution is 7.80. The van der Waals surface area contributed by atoms with Crippen LogP contribution < -0.4 is 16.4 Å². The topological polar surface area (TPSA) is 80.0 Å². The average Bonchev–Trinajstić information content (AvgIpc) is 2.28. The molecule has 86 valence electrons. The van der Waals surface area contributed by atoms with Crippen molar-refractivity contribution in [3.63, 3.8) is 0 Å². The lowest BCUT2D eigenvalue weighted by Gasteiger charge is -2.13. The second kappa shape index (κ2) is 5.41. The third-order valence-electron chi connectivity index (χ3n) is 2.05. The Balaban J connectivity index is 2.78. The molecule has 0 aliphatic rings. The van der Waals surface area contributed by atoms with Crippen molar-refractivity contribution >= 4 is 28.9 Å². The number of thiocarbonyl (C=S) groups is 1. The Morgan fingerprint density at radius 3 is 2.88 bits per heavy atom. The summed E-state index contributed by atoms with van der Waals surface area (Å²) in [6.45, 7) is 1.74. The van der Waals surface area contributed by atoms with Crippen LogP contribution in [0.25, 0.3) is 0 Å². The Hall–Kier alpha value is -1.69. The summed E-state index contributed by atoms with van der Waals surface area (Å²) in [6, 6.07) is 3.07. The van der Waals surface area contributed by atoms with Crippen LogP contribution in [0.2, 0.25) is 0 Å². The largest absolute Gasteiger partial charge is 0.389 e. The number of carbonyl (C=O) groups is 1. The van der Waals surface area contributed by atoms with Gasteiger partial charge in [0.05, 0.1) is 0 Å². The first kappa shape index (κ1) is 12.4. The summed E-state index contributed by atoms with van der Waals surface area (Å²) >= 11 is 4.85. The molecule has 1 aromatic rings. The van der Waals surface area contributed by atoms with Crippen molar-refractivity contribution < 1.29 is 4.79 Å². The number of hydrogen-bond acceptors (Lipinski definition) is 4. The standard InChI is InChI=1S/C10H14N4OS/c1-6(10(15)12-2)14-8-5-7(9(11)16)3-4-13-8/h3-6H,1-2H3,(H2,11,16)(H,12,15)(H,13,14). The van der Waals surface area contributed by atoms with Crippen molar-refractivity contribution in [2.45, 2.75) is 13.0 Å². The lowest BCUT2D eigenvalue weighted by atomic mass is 10.2. The Morgan fingerprint density at radius 2 is 2.31 bits per heavy atom. The van der Waals surface area contributed by atoms with E-state index in [2.05, 4.69) is 15.6 Å². The smallest absolute Gasteiger partial charge is 0.241 e. The van der Waals surface area contributed by atoms with Gasteiger partial charge in [-0.05, 0) is 19.1 Å². The maximum Gasteiger partial charge on any atom is 0.241 e. The predicted octanol–water partition coefficient (Wildman–Crippen LogP) is 0.262. The molecule has 0 aliphatic carbocycles. The van der Waals surface area contributed by atoms with Gasteiger partial charge in [0.25, 0.3) is 0 Å². The minimum absolute atomic E-state index is 0.109. The van der Waals surface area contributed by atoms with Gasteiger partial charge in [0, 0.05) is 18.8 Å². The number of likely N-dealkylation sites (N-methyl/N-ethyl adjacent to an activating group) is 1. The summed E-state index contributed by atoms with van der Waals surface area (Å²) in [5.41, 5.74) is 6.22. The molecule has 1 atom stereocenters.